The van der Waals surface area contributed by atoms with Crippen LogP contribution >= 0.6 is 0 Å². The third-order valence-corrected chi connectivity index (χ3v) is 3.79. The SMILES string of the molecule is CC(=O)c1ccc(N2CC(c3ccccc3)C2)cc1. The van der Waals surface area contributed by atoms with E-state index in [1.807, 2.05) is 24.3 Å². The van der Waals surface area contributed by atoms with Gasteiger partial charge >= 0.3 is 0 Å². The lowest BCUT2D eigenvalue weighted by Gasteiger charge is -2.41. The van der Waals surface area contributed by atoms with Crippen molar-refractivity contribution in [3.05, 3.63) is 65.7 Å². The Labute approximate surface area is 113 Å². The Morgan fingerprint density at radius 2 is 1.63 bits per heavy atom. The number of benzene rings is 2. The molecule has 1 fully saturated rings. The minimum absolute atomic E-state index is 0.123. The third kappa shape index (κ3) is 2.39. The van der Waals surface area contributed by atoms with Gasteiger partial charge in [0.25, 0.3) is 0 Å². The van der Waals surface area contributed by atoms with Gasteiger partial charge in [0.15, 0.2) is 5.78 Å². The van der Waals surface area contributed by atoms with Crippen LogP contribution in [0, 0.1) is 0 Å². The number of hydrogen-bond donors (Lipinski definition) is 0. The topological polar surface area (TPSA) is 20.3 Å². The maximum Gasteiger partial charge on any atom is 0.159 e. The number of ketones is 1. The molecule has 0 atom stereocenters. The molecule has 1 aliphatic heterocycles. The average molecular weight is 251 g/mol. The highest BCUT2D eigenvalue weighted by Crippen LogP contribution is 2.31. The van der Waals surface area contributed by atoms with Crippen molar-refractivity contribution >= 4 is 11.5 Å². The Balaban J connectivity index is 1.66. The van der Waals surface area contributed by atoms with E-state index in [1.165, 1.54) is 11.3 Å². The van der Waals surface area contributed by atoms with Gasteiger partial charge in [-0.2, -0.15) is 0 Å². The van der Waals surface area contributed by atoms with Crippen molar-refractivity contribution in [3.8, 4) is 0 Å². The first kappa shape index (κ1) is 12.0. The van der Waals surface area contributed by atoms with E-state index in [4.69, 9.17) is 0 Å². The molecule has 0 amide bonds. The predicted molar refractivity (Wildman–Crippen MR) is 77.8 cm³/mol. The molecule has 96 valence electrons. The quantitative estimate of drug-likeness (QED) is 0.778. The van der Waals surface area contributed by atoms with Crippen molar-refractivity contribution < 1.29 is 4.79 Å². The largest absolute Gasteiger partial charge is 0.370 e. The number of carbonyl (C=O) groups is 1. The first-order valence-corrected chi connectivity index (χ1v) is 6.65. The van der Waals surface area contributed by atoms with Crippen LogP contribution in [0.1, 0.15) is 28.8 Å². The summed E-state index contributed by atoms with van der Waals surface area (Å²) in [6, 6.07) is 18.5. The van der Waals surface area contributed by atoms with Gasteiger partial charge in [-0.25, -0.2) is 0 Å². The Hall–Kier alpha value is -2.09. The molecule has 1 heterocycles. The van der Waals surface area contributed by atoms with E-state index < -0.39 is 0 Å². The summed E-state index contributed by atoms with van der Waals surface area (Å²) in [6.45, 7) is 3.72. The zero-order valence-electron chi connectivity index (χ0n) is 11.0. The highest BCUT2D eigenvalue weighted by molar-refractivity contribution is 5.94. The van der Waals surface area contributed by atoms with Gasteiger partial charge in [0, 0.05) is 30.3 Å². The molecule has 0 aromatic heterocycles. The van der Waals surface area contributed by atoms with Crippen LogP contribution in [0.3, 0.4) is 0 Å². The minimum atomic E-state index is 0.123. The molecule has 0 spiro atoms. The van der Waals surface area contributed by atoms with Crippen LogP contribution in [0.15, 0.2) is 54.6 Å². The molecule has 1 saturated heterocycles. The third-order valence-electron chi connectivity index (χ3n) is 3.79. The number of hydrogen-bond acceptors (Lipinski definition) is 2. The van der Waals surface area contributed by atoms with Crippen molar-refractivity contribution in [1.29, 1.82) is 0 Å². The number of rotatable bonds is 3. The molecular formula is C17H17NO. The molecule has 0 bridgehead atoms. The predicted octanol–water partition coefficient (Wildman–Crippen LogP) is 3.49. The maximum absolute atomic E-state index is 11.2. The molecule has 0 N–H and O–H groups in total. The van der Waals surface area contributed by atoms with Gasteiger partial charge in [0.2, 0.25) is 0 Å². The number of anilines is 1. The van der Waals surface area contributed by atoms with Crippen LogP contribution in [-0.2, 0) is 0 Å². The Bertz CT molecular complexity index is 568. The van der Waals surface area contributed by atoms with Gasteiger partial charge in [-0.05, 0) is 36.8 Å². The molecule has 0 radical (unpaired) electrons. The fourth-order valence-corrected chi connectivity index (χ4v) is 2.53. The summed E-state index contributed by atoms with van der Waals surface area (Å²) in [6.07, 6.45) is 0. The Kier molecular flexibility index (Phi) is 3.08. The zero-order chi connectivity index (χ0) is 13.2. The lowest BCUT2D eigenvalue weighted by atomic mass is 9.91. The van der Waals surface area contributed by atoms with Crippen LogP contribution in [0.5, 0.6) is 0 Å². The van der Waals surface area contributed by atoms with E-state index >= 15 is 0 Å². The van der Waals surface area contributed by atoms with Gasteiger partial charge in [-0.3, -0.25) is 4.79 Å². The second-order valence-corrected chi connectivity index (χ2v) is 5.12. The first-order valence-electron chi connectivity index (χ1n) is 6.65. The average Bonchev–Trinajstić information content (AvgIpc) is 2.39. The summed E-state index contributed by atoms with van der Waals surface area (Å²) in [5.74, 6) is 0.756. The van der Waals surface area contributed by atoms with Crippen molar-refractivity contribution in [1.82, 2.24) is 0 Å². The Morgan fingerprint density at radius 3 is 2.21 bits per heavy atom. The summed E-state index contributed by atoms with van der Waals surface area (Å²) >= 11 is 0. The molecule has 2 aromatic carbocycles. The van der Waals surface area contributed by atoms with Gasteiger partial charge in [0.05, 0.1) is 0 Å². The van der Waals surface area contributed by atoms with Crippen molar-refractivity contribution in [2.24, 2.45) is 0 Å². The van der Waals surface area contributed by atoms with Crippen LogP contribution in [0.2, 0.25) is 0 Å². The summed E-state index contributed by atoms with van der Waals surface area (Å²) in [4.78, 5) is 13.6. The van der Waals surface area contributed by atoms with E-state index in [2.05, 4.69) is 35.2 Å². The van der Waals surface area contributed by atoms with Crippen LogP contribution in [0.25, 0.3) is 0 Å². The normalized spacial score (nSPS) is 15.1. The maximum atomic E-state index is 11.2. The molecule has 0 unspecified atom stereocenters. The fraction of sp³-hybridized carbons (Fsp3) is 0.235. The second kappa shape index (κ2) is 4.88. The van der Waals surface area contributed by atoms with Crippen LogP contribution in [-0.4, -0.2) is 18.9 Å². The molecule has 19 heavy (non-hydrogen) atoms. The zero-order valence-corrected chi connectivity index (χ0v) is 11.0. The number of carbonyl (C=O) groups excluding carboxylic acids is 1. The molecular weight excluding hydrogens is 234 g/mol. The second-order valence-electron chi connectivity index (χ2n) is 5.12. The first-order chi connectivity index (χ1) is 9.24. The minimum Gasteiger partial charge on any atom is -0.370 e. The summed E-state index contributed by atoms with van der Waals surface area (Å²) in [7, 11) is 0. The molecule has 3 rings (SSSR count). The van der Waals surface area contributed by atoms with Crippen molar-refractivity contribution in [2.75, 3.05) is 18.0 Å². The van der Waals surface area contributed by atoms with E-state index in [-0.39, 0.29) is 5.78 Å². The number of nitrogens with zero attached hydrogens (tertiary/aromatic N) is 1. The molecule has 0 aliphatic carbocycles. The van der Waals surface area contributed by atoms with Crippen LogP contribution < -0.4 is 4.90 Å². The molecule has 0 saturated carbocycles. The van der Waals surface area contributed by atoms with E-state index in [1.54, 1.807) is 6.92 Å². The monoisotopic (exact) mass is 251 g/mol. The molecule has 2 heteroatoms. The fourth-order valence-electron chi connectivity index (χ4n) is 2.53. The lowest BCUT2D eigenvalue weighted by molar-refractivity contribution is 0.101. The summed E-state index contributed by atoms with van der Waals surface area (Å²) in [5.41, 5.74) is 3.40. The van der Waals surface area contributed by atoms with Crippen molar-refractivity contribution in [2.45, 2.75) is 12.8 Å². The summed E-state index contributed by atoms with van der Waals surface area (Å²) < 4.78 is 0. The van der Waals surface area contributed by atoms with Gasteiger partial charge in [-0.15, -0.1) is 0 Å². The molecule has 2 aromatic rings. The molecule has 2 nitrogen and oxygen atoms in total. The van der Waals surface area contributed by atoms with Gasteiger partial charge in [-0.1, -0.05) is 30.3 Å². The van der Waals surface area contributed by atoms with E-state index in [0.29, 0.717) is 5.92 Å². The lowest BCUT2D eigenvalue weighted by Crippen LogP contribution is -2.45. The van der Waals surface area contributed by atoms with E-state index in [9.17, 15) is 4.79 Å². The Morgan fingerprint density at radius 1 is 1.00 bits per heavy atom. The highest BCUT2D eigenvalue weighted by atomic mass is 16.1. The van der Waals surface area contributed by atoms with Crippen molar-refractivity contribution in [3.63, 3.8) is 0 Å². The smallest absolute Gasteiger partial charge is 0.159 e. The highest BCUT2D eigenvalue weighted by Gasteiger charge is 2.27. The van der Waals surface area contributed by atoms with Gasteiger partial charge < -0.3 is 4.90 Å². The number of Topliss-reactive ketones (excluding diaryl/α,β-unsaturated/α-hetero) is 1. The van der Waals surface area contributed by atoms with Gasteiger partial charge in [0.1, 0.15) is 0 Å². The molecule has 1 aliphatic rings. The van der Waals surface area contributed by atoms with Crippen LogP contribution in [0.4, 0.5) is 5.69 Å². The van der Waals surface area contributed by atoms with E-state index in [0.717, 1.165) is 18.7 Å². The standard InChI is InChI=1S/C17H17NO/c1-13(19)14-7-9-17(10-8-14)18-11-16(12-18)15-5-3-2-4-6-15/h2-10,16H,11-12H2,1H3. The summed E-state index contributed by atoms with van der Waals surface area (Å²) in [5, 5.41) is 0.